The van der Waals surface area contributed by atoms with Gasteiger partial charge < -0.3 is 11.1 Å². The van der Waals surface area contributed by atoms with Crippen LogP contribution in [0.2, 0.25) is 0 Å². The predicted octanol–water partition coefficient (Wildman–Crippen LogP) is 0.793. The molecular formula is C17H13N7O2. The molecule has 1 amide bonds. The second kappa shape index (κ2) is 7.23. The molecule has 0 radical (unpaired) electrons. The van der Waals surface area contributed by atoms with Crippen molar-refractivity contribution in [1.82, 2.24) is 19.7 Å². The maximum absolute atomic E-state index is 12.2. The van der Waals surface area contributed by atoms with E-state index in [1.165, 1.54) is 30.6 Å². The molecule has 0 aliphatic carbocycles. The number of hydrogen-bond donors (Lipinski definition) is 2. The summed E-state index contributed by atoms with van der Waals surface area (Å²) in [5.41, 5.74) is 6.90. The zero-order valence-corrected chi connectivity index (χ0v) is 13.5. The Morgan fingerprint density at radius 1 is 1.23 bits per heavy atom. The summed E-state index contributed by atoms with van der Waals surface area (Å²) in [7, 11) is 0. The maximum atomic E-state index is 12.2. The largest absolute Gasteiger partial charge is 0.368 e. The standard InChI is InChI=1S/C17H13N7O2/c18-7-11-2-1-3-13(6-11)22-15(25)10-24-16(26)5-4-14(23-24)12-8-20-17(19)21-9-12/h1-6,8-9H,10H2,(H,22,25)(H2,19,20,21). The van der Waals surface area contributed by atoms with Crippen LogP contribution in [0, 0.1) is 11.3 Å². The van der Waals surface area contributed by atoms with Crippen molar-refractivity contribution in [3.05, 3.63) is 64.7 Å². The van der Waals surface area contributed by atoms with Crippen LogP contribution in [0.3, 0.4) is 0 Å². The summed E-state index contributed by atoms with van der Waals surface area (Å²) in [6, 6.07) is 11.3. The number of amides is 1. The van der Waals surface area contributed by atoms with E-state index >= 15 is 0 Å². The van der Waals surface area contributed by atoms with Crippen molar-refractivity contribution in [2.24, 2.45) is 0 Å². The Kier molecular flexibility index (Phi) is 4.67. The first-order valence-electron chi connectivity index (χ1n) is 7.51. The highest BCUT2D eigenvalue weighted by Crippen LogP contribution is 2.13. The Bertz CT molecular complexity index is 1050. The molecule has 0 fully saturated rings. The molecule has 3 rings (SSSR count). The number of anilines is 2. The number of aromatic nitrogens is 4. The Morgan fingerprint density at radius 2 is 2.00 bits per heavy atom. The van der Waals surface area contributed by atoms with Gasteiger partial charge in [0.1, 0.15) is 6.54 Å². The third-order valence-electron chi connectivity index (χ3n) is 3.40. The van der Waals surface area contributed by atoms with E-state index in [-0.39, 0.29) is 12.5 Å². The number of nitrogens with one attached hydrogen (secondary N) is 1. The van der Waals surface area contributed by atoms with Crippen molar-refractivity contribution in [1.29, 1.82) is 5.26 Å². The lowest BCUT2D eigenvalue weighted by Crippen LogP contribution is -2.29. The normalized spacial score (nSPS) is 10.1. The minimum Gasteiger partial charge on any atom is -0.368 e. The van der Waals surface area contributed by atoms with Gasteiger partial charge in [0.05, 0.1) is 17.3 Å². The Hall–Kier alpha value is -4.06. The summed E-state index contributed by atoms with van der Waals surface area (Å²) in [5, 5.41) is 15.7. The smallest absolute Gasteiger partial charge is 0.267 e. The van der Waals surface area contributed by atoms with Crippen molar-refractivity contribution in [3.8, 4) is 17.3 Å². The van der Waals surface area contributed by atoms with Gasteiger partial charge in [-0.05, 0) is 24.3 Å². The molecule has 9 heteroatoms. The van der Waals surface area contributed by atoms with Gasteiger partial charge in [0.2, 0.25) is 11.9 Å². The van der Waals surface area contributed by atoms with E-state index in [0.717, 1.165) is 4.68 Å². The Balaban J connectivity index is 1.79. The van der Waals surface area contributed by atoms with Crippen LogP contribution >= 0.6 is 0 Å². The molecule has 0 spiro atoms. The second-order valence-corrected chi connectivity index (χ2v) is 5.29. The molecule has 0 atom stereocenters. The predicted molar refractivity (Wildman–Crippen MR) is 93.7 cm³/mol. The molecule has 26 heavy (non-hydrogen) atoms. The molecule has 0 aliphatic heterocycles. The highest BCUT2D eigenvalue weighted by molar-refractivity contribution is 5.90. The molecule has 0 saturated heterocycles. The van der Waals surface area contributed by atoms with Crippen molar-refractivity contribution in [2.45, 2.75) is 6.54 Å². The molecule has 9 nitrogen and oxygen atoms in total. The number of nitrogen functional groups attached to an aromatic ring is 1. The molecule has 0 bridgehead atoms. The van der Waals surface area contributed by atoms with Crippen LogP contribution in [0.4, 0.5) is 11.6 Å². The monoisotopic (exact) mass is 347 g/mol. The number of nitrogens with zero attached hydrogens (tertiary/aromatic N) is 5. The molecule has 3 N–H and O–H groups in total. The van der Waals surface area contributed by atoms with E-state index in [1.54, 1.807) is 18.2 Å². The lowest BCUT2D eigenvalue weighted by molar-refractivity contribution is -0.117. The minimum atomic E-state index is -0.444. The van der Waals surface area contributed by atoms with Crippen molar-refractivity contribution in [3.63, 3.8) is 0 Å². The van der Waals surface area contributed by atoms with Gasteiger partial charge >= 0.3 is 0 Å². The van der Waals surface area contributed by atoms with Crippen molar-refractivity contribution in [2.75, 3.05) is 11.1 Å². The highest BCUT2D eigenvalue weighted by atomic mass is 16.2. The second-order valence-electron chi connectivity index (χ2n) is 5.29. The Morgan fingerprint density at radius 3 is 2.73 bits per heavy atom. The van der Waals surface area contributed by atoms with Crippen molar-refractivity contribution < 1.29 is 4.79 Å². The summed E-state index contributed by atoms with van der Waals surface area (Å²) in [5.74, 6) is -0.318. The number of benzene rings is 1. The van der Waals surface area contributed by atoms with Crippen LogP contribution in [-0.2, 0) is 11.3 Å². The first-order valence-corrected chi connectivity index (χ1v) is 7.51. The zero-order chi connectivity index (χ0) is 18.5. The van der Waals surface area contributed by atoms with Crippen LogP contribution in [0.5, 0.6) is 0 Å². The molecule has 2 aromatic heterocycles. The first-order chi connectivity index (χ1) is 12.5. The van der Waals surface area contributed by atoms with E-state index in [4.69, 9.17) is 11.0 Å². The fourth-order valence-corrected chi connectivity index (χ4v) is 2.19. The Labute approximate surface area is 147 Å². The molecule has 1 aromatic carbocycles. The summed E-state index contributed by atoms with van der Waals surface area (Å²) in [6.45, 7) is -0.278. The van der Waals surface area contributed by atoms with Gasteiger partial charge in [-0.1, -0.05) is 6.07 Å². The number of carbonyl (C=O) groups is 1. The van der Waals surface area contributed by atoms with Crippen LogP contribution in [-0.4, -0.2) is 25.7 Å². The number of hydrogen-bond acceptors (Lipinski definition) is 7. The van der Waals surface area contributed by atoms with Gasteiger partial charge in [0.15, 0.2) is 0 Å². The lowest BCUT2D eigenvalue weighted by atomic mass is 10.2. The number of carbonyl (C=O) groups excluding carboxylic acids is 1. The summed E-state index contributed by atoms with van der Waals surface area (Å²) < 4.78 is 1.04. The fourth-order valence-electron chi connectivity index (χ4n) is 2.19. The molecule has 0 saturated carbocycles. The average molecular weight is 347 g/mol. The topological polar surface area (TPSA) is 140 Å². The van der Waals surface area contributed by atoms with E-state index < -0.39 is 11.5 Å². The van der Waals surface area contributed by atoms with Gasteiger partial charge in [-0.2, -0.15) is 10.4 Å². The van der Waals surface area contributed by atoms with Crippen LogP contribution < -0.4 is 16.6 Å². The number of nitriles is 1. The molecule has 0 unspecified atom stereocenters. The minimum absolute atomic E-state index is 0.126. The average Bonchev–Trinajstić information content (AvgIpc) is 2.64. The van der Waals surface area contributed by atoms with Gasteiger partial charge in [-0.3, -0.25) is 9.59 Å². The number of rotatable bonds is 4. The third kappa shape index (κ3) is 3.88. The van der Waals surface area contributed by atoms with E-state index in [2.05, 4.69) is 20.4 Å². The molecular weight excluding hydrogens is 334 g/mol. The first kappa shape index (κ1) is 16.8. The molecule has 2 heterocycles. The number of nitrogens with two attached hydrogens (primary N) is 1. The highest BCUT2D eigenvalue weighted by Gasteiger charge is 2.09. The summed E-state index contributed by atoms with van der Waals surface area (Å²) in [6.07, 6.45) is 2.96. The maximum Gasteiger partial charge on any atom is 0.267 e. The quantitative estimate of drug-likeness (QED) is 0.711. The van der Waals surface area contributed by atoms with E-state index in [0.29, 0.717) is 22.5 Å². The van der Waals surface area contributed by atoms with Gasteiger partial charge in [0.25, 0.3) is 5.56 Å². The van der Waals surface area contributed by atoms with E-state index in [1.807, 2.05) is 6.07 Å². The molecule has 3 aromatic rings. The van der Waals surface area contributed by atoms with Gasteiger partial charge in [-0.15, -0.1) is 0 Å². The van der Waals surface area contributed by atoms with Gasteiger partial charge in [-0.25, -0.2) is 14.6 Å². The zero-order valence-electron chi connectivity index (χ0n) is 13.5. The van der Waals surface area contributed by atoms with Crippen LogP contribution in [0.1, 0.15) is 5.56 Å². The molecule has 128 valence electrons. The van der Waals surface area contributed by atoms with Gasteiger partial charge in [0, 0.05) is 29.7 Å². The lowest BCUT2D eigenvalue weighted by Gasteiger charge is -2.08. The van der Waals surface area contributed by atoms with E-state index in [9.17, 15) is 9.59 Å². The summed E-state index contributed by atoms with van der Waals surface area (Å²) >= 11 is 0. The fraction of sp³-hybridized carbons (Fsp3) is 0.0588. The van der Waals surface area contributed by atoms with Crippen molar-refractivity contribution >= 4 is 17.5 Å². The molecule has 0 aliphatic rings. The SMILES string of the molecule is N#Cc1cccc(NC(=O)Cn2nc(-c3cnc(N)nc3)ccc2=O)c1. The third-order valence-corrected chi connectivity index (χ3v) is 3.40. The van der Waals surface area contributed by atoms with Crippen LogP contribution in [0.15, 0.2) is 53.6 Å². The van der Waals surface area contributed by atoms with Crippen LogP contribution in [0.25, 0.3) is 11.3 Å². The summed E-state index contributed by atoms with van der Waals surface area (Å²) in [4.78, 5) is 31.9.